The average molecular weight is 393 g/mol. The number of carbonyl (C=O) groups excluding carboxylic acids is 2. The first kappa shape index (κ1) is 20.3. The number of hydrogen-bond acceptors (Lipinski definition) is 4. The van der Waals surface area contributed by atoms with E-state index in [1.807, 2.05) is 78.6 Å². The van der Waals surface area contributed by atoms with Crippen LogP contribution in [0.5, 0.6) is 0 Å². The number of likely N-dealkylation sites (N-methyl/N-ethyl adjacent to an activating group) is 1. The summed E-state index contributed by atoms with van der Waals surface area (Å²) in [4.78, 5) is 24.2. The van der Waals surface area contributed by atoms with Crippen LogP contribution in [-0.4, -0.2) is 48.9 Å². The first-order chi connectivity index (χ1) is 14.1. The Labute approximate surface area is 169 Å². The molecule has 1 aromatic heterocycles. The van der Waals surface area contributed by atoms with E-state index in [0.717, 1.165) is 27.4 Å². The van der Waals surface area contributed by atoms with Crippen molar-refractivity contribution in [3.63, 3.8) is 0 Å². The van der Waals surface area contributed by atoms with Gasteiger partial charge in [0.2, 0.25) is 0 Å². The van der Waals surface area contributed by atoms with Crippen molar-refractivity contribution >= 4 is 11.9 Å². The molecule has 29 heavy (non-hydrogen) atoms. The maximum atomic E-state index is 12.1. The zero-order valence-corrected chi connectivity index (χ0v) is 16.6. The number of ether oxygens (including phenoxy) is 1. The van der Waals surface area contributed by atoms with E-state index in [-0.39, 0.29) is 19.0 Å². The van der Waals surface area contributed by atoms with Gasteiger partial charge in [-0.2, -0.15) is 5.10 Å². The molecular formula is C22H25N4O3+. The van der Waals surface area contributed by atoms with E-state index in [9.17, 15) is 9.59 Å². The van der Waals surface area contributed by atoms with Gasteiger partial charge in [0.25, 0.3) is 5.91 Å². The Kier molecular flexibility index (Phi) is 6.76. The molecule has 0 aliphatic heterocycles. The van der Waals surface area contributed by atoms with E-state index in [1.165, 1.54) is 7.11 Å². The van der Waals surface area contributed by atoms with Crippen LogP contribution < -0.4 is 10.2 Å². The van der Waals surface area contributed by atoms with Crippen LogP contribution in [0.2, 0.25) is 0 Å². The molecule has 0 aliphatic rings. The predicted molar refractivity (Wildman–Crippen MR) is 109 cm³/mol. The molecule has 0 radical (unpaired) electrons. The number of amides is 1. The molecule has 1 heterocycles. The Morgan fingerprint density at radius 3 is 2.38 bits per heavy atom. The number of para-hydroxylation sites is 1. The van der Waals surface area contributed by atoms with Crippen LogP contribution >= 0.6 is 0 Å². The van der Waals surface area contributed by atoms with Gasteiger partial charge >= 0.3 is 5.97 Å². The van der Waals surface area contributed by atoms with Gasteiger partial charge in [0.05, 0.1) is 25.4 Å². The number of aromatic nitrogens is 2. The normalized spacial score (nSPS) is 11.7. The fourth-order valence-electron chi connectivity index (χ4n) is 3.06. The monoisotopic (exact) mass is 393 g/mol. The number of carbonyl (C=O) groups is 2. The summed E-state index contributed by atoms with van der Waals surface area (Å²) in [6, 6.07) is 19.9. The van der Waals surface area contributed by atoms with Crippen molar-refractivity contribution in [2.24, 2.45) is 0 Å². The van der Waals surface area contributed by atoms with Crippen molar-refractivity contribution in [2.75, 3.05) is 27.2 Å². The molecule has 3 aromatic rings. The predicted octanol–water partition coefficient (Wildman–Crippen LogP) is 0.843. The maximum absolute atomic E-state index is 12.1. The second-order valence-corrected chi connectivity index (χ2v) is 6.81. The van der Waals surface area contributed by atoms with E-state index in [2.05, 4.69) is 10.1 Å². The molecule has 0 spiro atoms. The van der Waals surface area contributed by atoms with Crippen LogP contribution in [-0.2, 0) is 20.9 Å². The summed E-state index contributed by atoms with van der Waals surface area (Å²) in [5.41, 5.74) is 3.94. The van der Waals surface area contributed by atoms with Crippen molar-refractivity contribution in [2.45, 2.75) is 6.54 Å². The molecule has 0 aliphatic carbocycles. The molecule has 150 valence electrons. The van der Waals surface area contributed by atoms with Crippen LogP contribution in [0.1, 0.15) is 5.56 Å². The molecule has 0 bridgehead atoms. The zero-order chi connectivity index (χ0) is 20.6. The summed E-state index contributed by atoms with van der Waals surface area (Å²) < 4.78 is 6.40. The smallest absolute Gasteiger partial charge is 0.325 e. The number of methoxy groups -OCH3 is 1. The maximum Gasteiger partial charge on any atom is 0.325 e. The first-order valence-electron chi connectivity index (χ1n) is 9.41. The van der Waals surface area contributed by atoms with Crippen LogP contribution in [0.3, 0.4) is 0 Å². The number of nitrogens with zero attached hydrogens (tertiary/aromatic N) is 2. The van der Waals surface area contributed by atoms with E-state index in [1.54, 1.807) is 0 Å². The molecule has 7 heteroatoms. The first-order valence-corrected chi connectivity index (χ1v) is 9.41. The number of nitrogens with one attached hydrogen (secondary N) is 2. The molecule has 1 atom stereocenters. The summed E-state index contributed by atoms with van der Waals surface area (Å²) in [6.07, 6.45) is 2.01. The fraction of sp³-hybridized carbons (Fsp3) is 0.227. The number of quaternary nitrogens is 1. The molecule has 1 amide bonds. The quantitative estimate of drug-likeness (QED) is 0.556. The zero-order valence-electron chi connectivity index (χ0n) is 16.6. The minimum absolute atomic E-state index is 0.121. The largest absolute Gasteiger partial charge is 0.468 e. The second kappa shape index (κ2) is 9.66. The molecule has 2 aromatic carbocycles. The third-order valence-electron chi connectivity index (χ3n) is 4.47. The topological polar surface area (TPSA) is 77.7 Å². The van der Waals surface area contributed by atoms with Crippen LogP contribution in [0.4, 0.5) is 0 Å². The van der Waals surface area contributed by atoms with Gasteiger partial charge in [-0.25, -0.2) is 4.68 Å². The number of rotatable bonds is 8. The Morgan fingerprint density at radius 2 is 1.72 bits per heavy atom. The minimum atomic E-state index is -0.466. The van der Waals surface area contributed by atoms with Gasteiger partial charge in [-0.05, 0) is 12.1 Å². The van der Waals surface area contributed by atoms with Gasteiger partial charge in [0, 0.05) is 11.8 Å². The lowest BCUT2D eigenvalue weighted by Crippen LogP contribution is -3.08. The highest BCUT2D eigenvalue weighted by molar-refractivity contribution is 5.82. The Bertz CT molecular complexity index is 955. The SMILES string of the molecule is COC(=O)CNC(=O)C[NH+](C)Cc1cn(-c2ccccc2)nc1-c1ccccc1. The summed E-state index contributed by atoms with van der Waals surface area (Å²) in [5, 5.41) is 7.37. The second-order valence-electron chi connectivity index (χ2n) is 6.81. The van der Waals surface area contributed by atoms with E-state index >= 15 is 0 Å². The summed E-state index contributed by atoms with van der Waals surface area (Å²) in [5.74, 6) is -0.670. The Balaban J connectivity index is 1.77. The minimum Gasteiger partial charge on any atom is -0.468 e. The van der Waals surface area contributed by atoms with Crippen LogP contribution in [0, 0.1) is 0 Å². The van der Waals surface area contributed by atoms with Gasteiger partial charge in [0.15, 0.2) is 6.54 Å². The van der Waals surface area contributed by atoms with E-state index in [4.69, 9.17) is 5.10 Å². The standard InChI is InChI=1S/C22H24N4O3/c1-25(16-20(27)23-13-21(28)29-2)14-18-15-26(19-11-7-4-8-12-19)24-22(18)17-9-5-3-6-10-17/h3-12,15H,13-14,16H2,1-2H3,(H,23,27)/p+1. The molecular weight excluding hydrogens is 368 g/mol. The summed E-state index contributed by atoms with van der Waals surface area (Å²) in [6.45, 7) is 0.730. The highest BCUT2D eigenvalue weighted by Gasteiger charge is 2.18. The molecule has 0 fully saturated rings. The molecule has 3 rings (SSSR count). The third-order valence-corrected chi connectivity index (χ3v) is 4.47. The van der Waals surface area contributed by atoms with Gasteiger partial charge in [0.1, 0.15) is 18.8 Å². The molecule has 0 saturated heterocycles. The fourth-order valence-corrected chi connectivity index (χ4v) is 3.06. The van der Waals surface area contributed by atoms with Crippen molar-refractivity contribution in [3.8, 4) is 16.9 Å². The number of benzene rings is 2. The highest BCUT2D eigenvalue weighted by atomic mass is 16.5. The van der Waals surface area contributed by atoms with Crippen molar-refractivity contribution in [3.05, 3.63) is 72.4 Å². The lowest BCUT2D eigenvalue weighted by Gasteiger charge is -2.13. The number of hydrogen-bond donors (Lipinski definition) is 2. The van der Waals surface area contributed by atoms with Gasteiger partial charge in [-0.1, -0.05) is 48.5 Å². The van der Waals surface area contributed by atoms with E-state index < -0.39 is 5.97 Å². The summed E-state index contributed by atoms with van der Waals surface area (Å²) in [7, 11) is 3.23. The van der Waals surface area contributed by atoms with Gasteiger partial charge in [-0.3, -0.25) is 9.59 Å². The van der Waals surface area contributed by atoms with E-state index in [0.29, 0.717) is 6.54 Å². The average Bonchev–Trinajstić information content (AvgIpc) is 3.16. The van der Waals surface area contributed by atoms with Crippen molar-refractivity contribution < 1.29 is 19.2 Å². The third kappa shape index (κ3) is 5.52. The van der Waals surface area contributed by atoms with Crippen LogP contribution in [0.15, 0.2) is 66.9 Å². The lowest BCUT2D eigenvalue weighted by atomic mass is 10.1. The van der Waals surface area contributed by atoms with Gasteiger partial charge < -0.3 is 15.0 Å². The molecule has 2 N–H and O–H groups in total. The van der Waals surface area contributed by atoms with Crippen molar-refractivity contribution in [1.29, 1.82) is 0 Å². The van der Waals surface area contributed by atoms with Crippen LogP contribution in [0.25, 0.3) is 16.9 Å². The molecule has 0 saturated carbocycles. The Hall–Kier alpha value is -3.45. The Morgan fingerprint density at radius 1 is 1.07 bits per heavy atom. The lowest BCUT2D eigenvalue weighted by molar-refractivity contribution is -0.885. The highest BCUT2D eigenvalue weighted by Crippen LogP contribution is 2.23. The molecule has 1 unspecified atom stereocenters. The number of esters is 1. The van der Waals surface area contributed by atoms with Crippen molar-refractivity contribution in [1.82, 2.24) is 15.1 Å². The van der Waals surface area contributed by atoms with Gasteiger partial charge in [-0.15, -0.1) is 0 Å². The molecule has 7 nitrogen and oxygen atoms in total. The summed E-state index contributed by atoms with van der Waals surface area (Å²) >= 11 is 0.